The fraction of sp³-hybridized carbons (Fsp3) is 0.745. The van der Waals surface area contributed by atoms with Gasteiger partial charge in [0, 0.05) is 19.6 Å². The molecule has 0 aromatic rings. The maximum atomic E-state index is 12.6. The van der Waals surface area contributed by atoms with Crippen LogP contribution in [0.5, 0.6) is 0 Å². The number of ether oxygens (including phenoxy) is 2. The molecule has 0 bridgehead atoms. The van der Waals surface area contributed by atoms with Crippen LogP contribution in [0.1, 0.15) is 206 Å². The standard InChI is InChI=1S/C51H92NO7P/c1-3-5-7-9-11-13-15-17-19-21-23-25-26-28-30-32-34-36-38-40-42-44-51(53)59-50(49-58-60(54,55)57-47-45-52)48-56-46-43-41-39-37-35-33-31-29-27-24-22-20-18-16-14-12-10-8-6-4-2/h5,7,11,13,17,19,23,25,28,30,34,36,50H,3-4,6,8-10,12,14-16,18,20-22,24,26-27,29,31-33,35,37-49,52H2,1-2H3,(H,54,55)/b7-5-,13-11-,19-17-,25-23-,30-28-,36-34-. The van der Waals surface area contributed by atoms with Gasteiger partial charge in [-0.1, -0.05) is 209 Å². The molecule has 0 radical (unpaired) electrons. The summed E-state index contributed by atoms with van der Waals surface area (Å²) in [6.45, 7) is 4.77. The van der Waals surface area contributed by atoms with Crippen molar-refractivity contribution in [2.24, 2.45) is 5.73 Å². The van der Waals surface area contributed by atoms with Crippen molar-refractivity contribution in [3.05, 3.63) is 72.9 Å². The minimum atomic E-state index is -4.30. The second-order valence-corrected chi connectivity index (χ2v) is 17.4. The average Bonchev–Trinajstić information content (AvgIpc) is 3.24. The zero-order valence-electron chi connectivity index (χ0n) is 38.7. The third-order valence-electron chi connectivity index (χ3n) is 10.1. The first-order valence-corrected chi connectivity index (χ1v) is 25.9. The Morgan fingerprint density at radius 3 is 1.37 bits per heavy atom. The van der Waals surface area contributed by atoms with E-state index >= 15 is 0 Å². The van der Waals surface area contributed by atoms with E-state index in [9.17, 15) is 14.3 Å². The van der Waals surface area contributed by atoms with Gasteiger partial charge >= 0.3 is 13.8 Å². The van der Waals surface area contributed by atoms with Crippen LogP contribution in [0.4, 0.5) is 0 Å². The van der Waals surface area contributed by atoms with Crippen LogP contribution in [0.15, 0.2) is 72.9 Å². The first-order valence-electron chi connectivity index (χ1n) is 24.4. The van der Waals surface area contributed by atoms with Crippen LogP contribution in [0.3, 0.4) is 0 Å². The number of allylic oxidation sites excluding steroid dienone is 12. The maximum Gasteiger partial charge on any atom is 0.472 e. The number of phosphoric ester groups is 1. The molecule has 0 aliphatic heterocycles. The van der Waals surface area contributed by atoms with Gasteiger partial charge in [-0.2, -0.15) is 0 Å². The van der Waals surface area contributed by atoms with Crippen LogP contribution in [0.25, 0.3) is 0 Å². The number of esters is 1. The number of carbonyl (C=O) groups excluding carboxylic acids is 1. The highest BCUT2D eigenvalue weighted by Crippen LogP contribution is 2.43. The minimum absolute atomic E-state index is 0.0908. The van der Waals surface area contributed by atoms with E-state index in [0.717, 1.165) is 64.2 Å². The van der Waals surface area contributed by atoms with E-state index in [1.165, 1.54) is 116 Å². The Labute approximate surface area is 369 Å². The van der Waals surface area contributed by atoms with Crippen molar-refractivity contribution < 1.29 is 32.8 Å². The SMILES string of the molecule is CC/C=C\C/C=C\C/C=C\C/C=C\C/C=C\C/C=C\CCCCC(=O)OC(COCCCCCCCCCCCCCCCCCCCCCC)COP(=O)(O)OCCN. The van der Waals surface area contributed by atoms with E-state index in [-0.39, 0.29) is 38.8 Å². The minimum Gasteiger partial charge on any atom is -0.457 e. The molecule has 0 aliphatic rings. The lowest BCUT2D eigenvalue weighted by Crippen LogP contribution is -2.28. The molecule has 0 fully saturated rings. The molecule has 8 nitrogen and oxygen atoms in total. The first kappa shape index (κ1) is 57.9. The van der Waals surface area contributed by atoms with E-state index in [1.807, 2.05) is 0 Å². The molecular formula is C51H92NO7P. The molecule has 0 rings (SSSR count). The second kappa shape index (κ2) is 48.0. The molecule has 0 aliphatic carbocycles. The van der Waals surface area contributed by atoms with E-state index in [0.29, 0.717) is 13.0 Å². The van der Waals surface area contributed by atoms with Crippen LogP contribution in [-0.4, -0.2) is 49.9 Å². The number of rotatable bonds is 46. The van der Waals surface area contributed by atoms with Crippen LogP contribution in [-0.2, 0) is 27.9 Å². The molecule has 0 aromatic heterocycles. The Kier molecular flexibility index (Phi) is 46.3. The van der Waals surface area contributed by atoms with Crippen molar-refractivity contribution in [3.8, 4) is 0 Å². The largest absolute Gasteiger partial charge is 0.472 e. The maximum absolute atomic E-state index is 12.6. The molecule has 348 valence electrons. The highest BCUT2D eigenvalue weighted by atomic mass is 31.2. The van der Waals surface area contributed by atoms with E-state index in [1.54, 1.807) is 0 Å². The lowest BCUT2D eigenvalue weighted by Gasteiger charge is -2.20. The predicted molar refractivity (Wildman–Crippen MR) is 256 cm³/mol. The van der Waals surface area contributed by atoms with Crippen LogP contribution in [0, 0.1) is 0 Å². The zero-order valence-corrected chi connectivity index (χ0v) is 39.6. The van der Waals surface area contributed by atoms with Gasteiger partial charge in [0.2, 0.25) is 0 Å². The van der Waals surface area contributed by atoms with E-state index in [4.69, 9.17) is 24.3 Å². The van der Waals surface area contributed by atoms with Crippen molar-refractivity contribution in [1.82, 2.24) is 0 Å². The summed E-state index contributed by atoms with van der Waals surface area (Å²) in [6, 6.07) is 0. The van der Waals surface area contributed by atoms with E-state index < -0.39 is 13.9 Å². The lowest BCUT2D eigenvalue weighted by atomic mass is 10.0. The molecule has 0 aromatic carbocycles. The number of phosphoric acid groups is 1. The monoisotopic (exact) mass is 862 g/mol. The Balaban J connectivity index is 4.06. The van der Waals surface area contributed by atoms with Crippen molar-refractivity contribution in [1.29, 1.82) is 0 Å². The zero-order chi connectivity index (χ0) is 43.7. The molecular weight excluding hydrogens is 770 g/mol. The molecule has 60 heavy (non-hydrogen) atoms. The lowest BCUT2D eigenvalue weighted by molar-refractivity contribution is -0.154. The summed E-state index contributed by atoms with van der Waals surface area (Å²) in [6.07, 6.45) is 60.8. The summed E-state index contributed by atoms with van der Waals surface area (Å²) < 4.78 is 33.5. The van der Waals surface area contributed by atoms with Crippen molar-refractivity contribution in [3.63, 3.8) is 0 Å². The fourth-order valence-electron chi connectivity index (χ4n) is 6.59. The van der Waals surface area contributed by atoms with Gasteiger partial charge in [-0.3, -0.25) is 13.8 Å². The van der Waals surface area contributed by atoms with Crippen LogP contribution >= 0.6 is 7.82 Å². The number of unbranched alkanes of at least 4 members (excludes halogenated alkanes) is 21. The molecule has 2 unspecified atom stereocenters. The number of nitrogens with two attached hydrogens (primary N) is 1. The molecule has 0 heterocycles. The van der Waals surface area contributed by atoms with Gasteiger partial charge in [0.05, 0.1) is 19.8 Å². The number of hydrogen-bond acceptors (Lipinski definition) is 7. The Hall–Kier alpha value is -2.06. The smallest absolute Gasteiger partial charge is 0.457 e. The van der Waals surface area contributed by atoms with Crippen molar-refractivity contribution in [2.75, 3.05) is 33.0 Å². The molecule has 0 amide bonds. The van der Waals surface area contributed by atoms with Gasteiger partial charge in [-0.25, -0.2) is 4.57 Å². The van der Waals surface area contributed by atoms with E-state index in [2.05, 4.69) is 86.8 Å². The van der Waals surface area contributed by atoms with Crippen molar-refractivity contribution >= 4 is 13.8 Å². The summed E-state index contributed by atoms with van der Waals surface area (Å²) in [5.74, 6) is -0.371. The van der Waals surface area contributed by atoms with Gasteiger partial charge < -0.3 is 20.1 Å². The highest BCUT2D eigenvalue weighted by molar-refractivity contribution is 7.47. The average molecular weight is 862 g/mol. The summed E-state index contributed by atoms with van der Waals surface area (Å²) >= 11 is 0. The molecule has 0 saturated heterocycles. The Morgan fingerprint density at radius 1 is 0.517 bits per heavy atom. The quantitative estimate of drug-likeness (QED) is 0.0269. The van der Waals surface area contributed by atoms with Gasteiger partial charge in [-0.15, -0.1) is 0 Å². The van der Waals surface area contributed by atoms with Crippen LogP contribution < -0.4 is 5.73 Å². The summed E-state index contributed by atoms with van der Waals surface area (Å²) in [5, 5.41) is 0. The predicted octanol–water partition coefficient (Wildman–Crippen LogP) is 15.1. The summed E-state index contributed by atoms with van der Waals surface area (Å²) in [4.78, 5) is 22.5. The van der Waals surface area contributed by atoms with Gasteiger partial charge in [0.15, 0.2) is 0 Å². The number of carbonyl (C=O) groups is 1. The number of hydrogen-bond donors (Lipinski definition) is 2. The Morgan fingerprint density at radius 2 is 0.933 bits per heavy atom. The molecule has 2 atom stereocenters. The first-order chi connectivity index (χ1) is 29.4. The fourth-order valence-corrected chi connectivity index (χ4v) is 7.35. The van der Waals surface area contributed by atoms with Gasteiger partial charge in [0.1, 0.15) is 6.10 Å². The molecule has 3 N–H and O–H groups in total. The van der Waals surface area contributed by atoms with Gasteiger partial charge in [-0.05, 0) is 64.2 Å². The highest BCUT2D eigenvalue weighted by Gasteiger charge is 2.25. The topological polar surface area (TPSA) is 117 Å². The second-order valence-electron chi connectivity index (χ2n) is 16.0. The van der Waals surface area contributed by atoms with Crippen LogP contribution in [0.2, 0.25) is 0 Å². The summed E-state index contributed by atoms with van der Waals surface area (Å²) in [5.41, 5.74) is 5.38. The molecule has 0 saturated carbocycles. The third-order valence-corrected chi connectivity index (χ3v) is 11.1. The van der Waals surface area contributed by atoms with Gasteiger partial charge in [0.25, 0.3) is 0 Å². The third kappa shape index (κ3) is 47.0. The normalized spacial score (nSPS) is 14.0. The molecule has 9 heteroatoms. The van der Waals surface area contributed by atoms with Crippen molar-refractivity contribution in [2.45, 2.75) is 213 Å². The Bertz CT molecular complexity index is 1150. The summed E-state index contributed by atoms with van der Waals surface area (Å²) in [7, 11) is -4.30. The molecule has 0 spiro atoms.